The number of nitrogens with one attached hydrogen (secondary N) is 1. The number of hydrogen-bond donors (Lipinski definition) is 3. The molecule has 2 rings (SSSR count). The first-order chi connectivity index (χ1) is 10.1. The second-order valence-electron chi connectivity index (χ2n) is 5.69. The molecule has 114 valence electrons. The van der Waals surface area contributed by atoms with Gasteiger partial charge in [-0.25, -0.2) is 0 Å². The van der Waals surface area contributed by atoms with E-state index in [0.717, 1.165) is 31.2 Å². The molecule has 1 saturated carbocycles. The molecule has 1 fully saturated rings. The highest BCUT2D eigenvalue weighted by atomic mass is 16.2. The molecular formula is C16H23N3O2. The minimum atomic E-state index is -0.332. The summed E-state index contributed by atoms with van der Waals surface area (Å²) in [4.78, 5) is 23.6. The molecule has 0 heterocycles. The van der Waals surface area contributed by atoms with Gasteiger partial charge in [-0.3, -0.25) is 9.59 Å². The summed E-state index contributed by atoms with van der Waals surface area (Å²) in [6, 6.07) is 9.05. The molecule has 2 amide bonds. The summed E-state index contributed by atoms with van der Waals surface area (Å²) in [5.74, 6) is -0.701. The number of carbonyl (C=O) groups is 2. The van der Waals surface area contributed by atoms with Crippen LogP contribution in [0.5, 0.6) is 0 Å². The highest BCUT2D eigenvalue weighted by Crippen LogP contribution is 2.24. The average molecular weight is 289 g/mol. The topological polar surface area (TPSA) is 98.2 Å². The van der Waals surface area contributed by atoms with Crippen LogP contribution in [0.2, 0.25) is 0 Å². The summed E-state index contributed by atoms with van der Waals surface area (Å²) in [6.45, 7) is 0. The average Bonchev–Trinajstić information content (AvgIpc) is 2.48. The third kappa shape index (κ3) is 4.29. The van der Waals surface area contributed by atoms with Gasteiger partial charge in [-0.1, -0.05) is 43.2 Å². The van der Waals surface area contributed by atoms with Gasteiger partial charge in [-0.2, -0.15) is 0 Å². The van der Waals surface area contributed by atoms with Gasteiger partial charge in [0.15, 0.2) is 0 Å². The van der Waals surface area contributed by atoms with Crippen LogP contribution in [0.3, 0.4) is 0 Å². The number of nitrogens with two attached hydrogens (primary N) is 2. The summed E-state index contributed by atoms with van der Waals surface area (Å²) >= 11 is 0. The predicted molar refractivity (Wildman–Crippen MR) is 81.1 cm³/mol. The van der Waals surface area contributed by atoms with Crippen LogP contribution < -0.4 is 16.8 Å². The second-order valence-corrected chi connectivity index (χ2v) is 5.69. The van der Waals surface area contributed by atoms with Crippen molar-refractivity contribution in [1.82, 2.24) is 5.32 Å². The van der Waals surface area contributed by atoms with Gasteiger partial charge in [0, 0.05) is 18.5 Å². The van der Waals surface area contributed by atoms with Gasteiger partial charge in [-0.05, 0) is 18.4 Å². The fourth-order valence-corrected chi connectivity index (χ4v) is 2.93. The number of rotatable bonds is 5. The molecule has 5 N–H and O–H groups in total. The Morgan fingerprint density at radius 3 is 2.52 bits per heavy atom. The van der Waals surface area contributed by atoms with Crippen molar-refractivity contribution in [1.29, 1.82) is 0 Å². The number of carbonyl (C=O) groups excluding carboxylic acids is 2. The van der Waals surface area contributed by atoms with Crippen molar-refractivity contribution in [3.05, 3.63) is 35.9 Å². The summed E-state index contributed by atoms with van der Waals surface area (Å²) in [6.07, 6.45) is 3.78. The smallest absolute Gasteiger partial charge is 0.222 e. The molecule has 5 nitrogen and oxygen atoms in total. The lowest BCUT2D eigenvalue weighted by Gasteiger charge is -2.30. The molecule has 0 spiro atoms. The molecule has 0 aliphatic heterocycles. The maximum absolute atomic E-state index is 12.1. The Bertz CT molecular complexity index is 490. The minimum absolute atomic E-state index is 0.121. The molecule has 0 aromatic heterocycles. The first kappa shape index (κ1) is 15.5. The summed E-state index contributed by atoms with van der Waals surface area (Å²) in [5, 5.41) is 2.93. The molecule has 3 unspecified atom stereocenters. The van der Waals surface area contributed by atoms with Crippen molar-refractivity contribution in [2.24, 2.45) is 17.4 Å². The van der Waals surface area contributed by atoms with E-state index in [9.17, 15) is 9.59 Å². The number of hydrogen-bond acceptors (Lipinski definition) is 3. The third-order valence-corrected chi connectivity index (χ3v) is 4.11. The van der Waals surface area contributed by atoms with Gasteiger partial charge in [0.25, 0.3) is 0 Å². The molecule has 21 heavy (non-hydrogen) atoms. The van der Waals surface area contributed by atoms with Crippen molar-refractivity contribution < 1.29 is 9.59 Å². The summed E-state index contributed by atoms with van der Waals surface area (Å²) in [7, 11) is 0. The molecule has 1 aromatic rings. The van der Waals surface area contributed by atoms with E-state index in [0.29, 0.717) is 0 Å². The lowest BCUT2D eigenvalue weighted by Crippen LogP contribution is -2.47. The van der Waals surface area contributed by atoms with E-state index in [1.807, 2.05) is 30.3 Å². The summed E-state index contributed by atoms with van der Waals surface area (Å²) < 4.78 is 0. The van der Waals surface area contributed by atoms with Crippen LogP contribution in [-0.4, -0.2) is 17.9 Å². The standard InChI is InChI=1S/C16H23N3O2/c17-13(11-6-2-1-3-7-11)10-15(20)19-14-9-5-4-8-12(14)16(18)21/h1-3,6-7,12-14H,4-5,8-10,17H2,(H2,18,21)(H,19,20). The Labute approximate surface area is 125 Å². The minimum Gasteiger partial charge on any atom is -0.369 e. The lowest BCUT2D eigenvalue weighted by atomic mass is 9.84. The van der Waals surface area contributed by atoms with Crippen LogP contribution in [0.15, 0.2) is 30.3 Å². The fraction of sp³-hybridized carbons (Fsp3) is 0.500. The number of primary amides is 1. The third-order valence-electron chi connectivity index (χ3n) is 4.11. The Morgan fingerprint density at radius 2 is 1.86 bits per heavy atom. The van der Waals surface area contributed by atoms with E-state index < -0.39 is 0 Å². The van der Waals surface area contributed by atoms with Crippen molar-refractivity contribution in [2.45, 2.75) is 44.2 Å². The highest BCUT2D eigenvalue weighted by molar-refractivity contribution is 5.81. The lowest BCUT2D eigenvalue weighted by molar-refractivity contribution is -0.126. The number of benzene rings is 1. The number of amides is 2. The van der Waals surface area contributed by atoms with Gasteiger partial charge >= 0.3 is 0 Å². The van der Waals surface area contributed by atoms with Crippen LogP contribution in [0.4, 0.5) is 0 Å². The van der Waals surface area contributed by atoms with Crippen LogP contribution in [0.25, 0.3) is 0 Å². The first-order valence-corrected chi connectivity index (χ1v) is 7.47. The van der Waals surface area contributed by atoms with E-state index in [4.69, 9.17) is 11.5 Å². The van der Waals surface area contributed by atoms with Gasteiger partial charge in [-0.15, -0.1) is 0 Å². The van der Waals surface area contributed by atoms with Crippen LogP contribution in [-0.2, 0) is 9.59 Å². The Morgan fingerprint density at radius 1 is 1.19 bits per heavy atom. The Kier molecular flexibility index (Phi) is 5.33. The molecule has 1 aliphatic carbocycles. The zero-order valence-electron chi connectivity index (χ0n) is 12.1. The fourth-order valence-electron chi connectivity index (χ4n) is 2.93. The molecule has 0 radical (unpaired) electrons. The zero-order chi connectivity index (χ0) is 15.2. The van der Waals surface area contributed by atoms with Crippen LogP contribution in [0, 0.1) is 5.92 Å². The van der Waals surface area contributed by atoms with E-state index >= 15 is 0 Å². The van der Waals surface area contributed by atoms with Gasteiger partial charge in [0.2, 0.25) is 11.8 Å². The van der Waals surface area contributed by atoms with Gasteiger partial charge in [0.1, 0.15) is 0 Å². The molecule has 1 aliphatic rings. The van der Waals surface area contributed by atoms with Crippen molar-refractivity contribution in [3.8, 4) is 0 Å². The quantitative estimate of drug-likeness (QED) is 0.760. The zero-order valence-corrected chi connectivity index (χ0v) is 12.1. The van der Waals surface area contributed by atoms with E-state index in [1.54, 1.807) is 0 Å². The Balaban J connectivity index is 1.90. The highest BCUT2D eigenvalue weighted by Gasteiger charge is 2.30. The molecular weight excluding hydrogens is 266 g/mol. The largest absolute Gasteiger partial charge is 0.369 e. The van der Waals surface area contributed by atoms with Crippen molar-refractivity contribution in [2.75, 3.05) is 0 Å². The van der Waals surface area contributed by atoms with E-state index in [2.05, 4.69) is 5.32 Å². The van der Waals surface area contributed by atoms with E-state index in [1.165, 1.54) is 0 Å². The van der Waals surface area contributed by atoms with Crippen LogP contribution in [0.1, 0.15) is 43.7 Å². The van der Waals surface area contributed by atoms with E-state index in [-0.39, 0.29) is 36.2 Å². The van der Waals surface area contributed by atoms with Gasteiger partial charge < -0.3 is 16.8 Å². The van der Waals surface area contributed by atoms with Gasteiger partial charge in [0.05, 0.1) is 5.92 Å². The first-order valence-electron chi connectivity index (χ1n) is 7.47. The van der Waals surface area contributed by atoms with Crippen LogP contribution >= 0.6 is 0 Å². The molecule has 5 heteroatoms. The normalized spacial score (nSPS) is 23.3. The second kappa shape index (κ2) is 7.22. The monoisotopic (exact) mass is 289 g/mol. The molecule has 3 atom stereocenters. The maximum Gasteiger partial charge on any atom is 0.222 e. The van der Waals surface area contributed by atoms with Crippen molar-refractivity contribution >= 4 is 11.8 Å². The Hall–Kier alpha value is -1.88. The SMILES string of the molecule is NC(=O)C1CCCCC1NC(=O)CC(N)c1ccccc1. The van der Waals surface area contributed by atoms with Crippen molar-refractivity contribution in [3.63, 3.8) is 0 Å². The molecule has 0 bridgehead atoms. The maximum atomic E-state index is 12.1. The molecule has 1 aromatic carbocycles. The summed E-state index contributed by atoms with van der Waals surface area (Å²) in [5.41, 5.74) is 12.4. The predicted octanol–water partition coefficient (Wildman–Crippen LogP) is 1.24. The molecule has 0 saturated heterocycles.